The van der Waals surface area contributed by atoms with Crippen LogP contribution in [0.4, 0.5) is 9.18 Å². The molecule has 0 spiro atoms. The van der Waals surface area contributed by atoms with Gasteiger partial charge >= 0.3 is 6.03 Å². The zero-order valence-corrected chi connectivity index (χ0v) is 15.3. The van der Waals surface area contributed by atoms with Crippen molar-refractivity contribution in [2.75, 3.05) is 13.1 Å². The van der Waals surface area contributed by atoms with Gasteiger partial charge in [0.25, 0.3) is 0 Å². The molecule has 3 amide bonds. The topological polar surface area (TPSA) is 74.6 Å². The first-order valence-electron chi connectivity index (χ1n) is 9.04. The maximum Gasteiger partial charge on any atom is 0.317 e. The molecule has 1 aromatic heterocycles. The SMILES string of the molecule is CC1(C(=O)NCc2ccc(F)cc2)CCCN(C(=O)NCc2ccco2)C1. The van der Waals surface area contributed by atoms with Crippen molar-refractivity contribution in [2.24, 2.45) is 5.41 Å². The maximum atomic E-state index is 13.0. The number of hydrogen-bond acceptors (Lipinski definition) is 3. The number of halogens is 1. The number of benzene rings is 1. The molecule has 1 aromatic carbocycles. The largest absolute Gasteiger partial charge is 0.467 e. The summed E-state index contributed by atoms with van der Waals surface area (Å²) >= 11 is 0. The Morgan fingerprint density at radius 3 is 2.67 bits per heavy atom. The predicted octanol–water partition coefficient (Wildman–Crippen LogP) is 3.05. The van der Waals surface area contributed by atoms with Crippen LogP contribution in [0.15, 0.2) is 47.1 Å². The van der Waals surface area contributed by atoms with Gasteiger partial charge in [-0.3, -0.25) is 4.79 Å². The van der Waals surface area contributed by atoms with Crippen molar-refractivity contribution in [3.05, 3.63) is 59.8 Å². The number of likely N-dealkylation sites (tertiary alicyclic amines) is 1. The fraction of sp³-hybridized carbons (Fsp3) is 0.400. The molecule has 1 atom stereocenters. The highest BCUT2D eigenvalue weighted by Gasteiger charge is 2.39. The monoisotopic (exact) mass is 373 g/mol. The van der Waals surface area contributed by atoms with Gasteiger partial charge in [-0.15, -0.1) is 0 Å². The van der Waals surface area contributed by atoms with E-state index in [2.05, 4.69) is 10.6 Å². The highest BCUT2D eigenvalue weighted by Crippen LogP contribution is 2.30. The average molecular weight is 373 g/mol. The van der Waals surface area contributed by atoms with E-state index in [0.717, 1.165) is 12.0 Å². The third-order valence-corrected chi connectivity index (χ3v) is 4.89. The highest BCUT2D eigenvalue weighted by molar-refractivity contribution is 5.84. The molecule has 6 nitrogen and oxygen atoms in total. The second kappa shape index (κ2) is 8.24. The number of nitrogens with one attached hydrogen (secondary N) is 2. The van der Waals surface area contributed by atoms with Crippen molar-refractivity contribution in [1.82, 2.24) is 15.5 Å². The van der Waals surface area contributed by atoms with E-state index in [0.29, 0.717) is 38.4 Å². The van der Waals surface area contributed by atoms with Crippen molar-refractivity contribution in [3.63, 3.8) is 0 Å². The van der Waals surface area contributed by atoms with Gasteiger partial charge in [-0.25, -0.2) is 9.18 Å². The molecule has 1 fully saturated rings. The Labute approximate surface area is 157 Å². The number of furan rings is 1. The lowest BCUT2D eigenvalue weighted by Gasteiger charge is -2.39. The fourth-order valence-electron chi connectivity index (χ4n) is 3.28. The number of urea groups is 1. The molecule has 1 unspecified atom stereocenters. The summed E-state index contributed by atoms with van der Waals surface area (Å²) in [5.74, 6) is 0.274. The van der Waals surface area contributed by atoms with Crippen molar-refractivity contribution in [2.45, 2.75) is 32.9 Å². The normalized spacial score (nSPS) is 19.6. The first-order chi connectivity index (χ1) is 13.0. The summed E-state index contributed by atoms with van der Waals surface area (Å²) in [4.78, 5) is 26.8. The van der Waals surface area contributed by atoms with E-state index < -0.39 is 5.41 Å². The minimum atomic E-state index is -0.652. The van der Waals surface area contributed by atoms with Crippen molar-refractivity contribution >= 4 is 11.9 Å². The lowest BCUT2D eigenvalue weighted by Crippen LogP contribution is -2.53. The quantitative estimate of drug-likeness (QED) is 0.846. The summed E-state index contributed by atoms with van der Waals surface area (Å²) in [6.45, 7) is 3.49. The second-order valence-corrected chi connectivity index (χ2v) is 7.13. The zero-order valence-electron chi connectivity index (χ0n) is 15.3. The van der Waals surface area contributed by atoms with E-state index in [-0.39, 0.29) is 17.8 Å². The van der Waals surface area contributed by atoms with E-state index in [1.165, 1.54) is 12.1 Å². The predicted molar refractivity (Wildman–Crippen MR) is 98.1 cm³/mol. The number of carbonyl (C=O) groups excluding carboxylic acids is 2. The maximum absolute atomic E-state index is 13.0. The molecular formula is C20H24FN3O3. The van der Waals surface area contributed by atoms with Crippen LogP contribution >= 0.6 is 0 Å². The fourth-order valence-corrected chi connectivity index (χ4v) is 3.28. The van der Waals surface area contributed by atoms with Gasteiger partial charge in [0.15, 0.2) is 0 Å². The van der Waals surface area contributed by atoms with Gasteiger partial charge in [-0.2, -0.15) is 0 Å². The summed E-state index contributed by atoms with van der Waals surface area (Å²) in [5, 5.41) is 5.73. The minimum absolute atomic E-state index is 0.102. The molecule has 1 aliphatic heterocycles. The smallest absolute Gasteiger partial charge is 0.317 e. The third-order valence-electron chi connectivity index (χ3n) is 4.89. The number of nitrogens with zero attached hydrogens (tertiary/aromatic N) is 1. The lowest BCUT2D eigenvalue weighted by molar-refractivity contribution is -0.132. The van der Waals surface area contributed by atoms with Crippen LogP contribution in [0.5, 0.6) is 0 Å². The second-order valence-electron chi connectivity index (χ2n) is 7.13. The van der Waals surface area contributed by atoms with Crippen molar-refractivity contribution < 1.29 is 18.4 Å². The number of rotatable bonds is 5. The average Bonchev–Trinajstić information content (AvgIpc) is 3.19. The highest BCUT2D eigenvalue weighted by atomic mass is 19.1. The van der Waals surface area contributed by atoms with Crippen molar-refractivity contribution in [3.8, 4) is 0 Å². The Morgan fingerprint density at radius 2 is 1.96 bits per heavy atom. The molecule has 0 bridgehead atoms. The van der Waals surface area contributed by atoms with Crippen LogP contribution in [-0.2, 0) is 17.9 Å². The number of amides is 3. The molecule has 27 heavy (non-hydrogen) atoms. The molecule has 1 saturated heterocycles. The Hall–Kier alpha value is -2.83. The van der Waals surface area contributed by atoms with Crippen LogP contribution in [0.1, 0.15) is 31.1 Å². The summed E-state index contributed by atoms with van der Waals surface area (Å²) in [7, 11) is 0. The van der Waals surface area contributed by atoms with Gasteiger partial charge in [0.2, 0.25) is 5.91 Å². The van der Waals surface area contributed by atoms with Gasteiger partial charge in [0.1, 0.15) is 11.6 Å². The minimum Gasteiger partial charge on any atom is -0.467 e. The molecule has 0 saturated carbocycles. The molecule has 2 aromatic rings. The van der Waals surface area contributed by atoms with E-state index in [1.54, 1.807) is 35.4 Å². The number of hydrogen-bond donors (Lipinski definition) is 2. The van der Waals surface area contributed by atoms with Crippen LogP contribution in [0.25, 0.3) is 0 Å². The van der Waals surface area contributed by atoms with Gasteiger partial charge in [0, 0.05) is 19.6 Å². The van der Waals surface area contributed by atoms with Crippen LogP contribution in [0.2, 0.25) is 0 Å². The summed E-state index contributed by atoms with van der Waals surface area (Å²) in [6.07, 6.45) is 3.03. The zero-order chi connectivity index (χ0) is 19.3. The van der Waals surface area contributed by atoms with Gasteiger partial charge in [-0.05, 0) is 49.6 Å². The summed E-state index contributed by atoms with van der Waals surface area (Å²) in [6, 6.07) is 9.39. The van der Waals surface area contributed by atoms with Crippen molar-refractivity contribution in [1.29, 1.82) is 0 Å². The molecule has 0 radical (unpaired) electrons. The molecular weight excluding hydrogens is 349 g/mol. The van der Waals surface area contributed by atoms with E-state index in [9.17, 15) is 14.0 Å². The van der Waals surface area contributed by atoms with Crippen LogP contribution in [-0.4, -0.2) is 29.9 Å². The van der Waals surface area contributed by atoms with E-state index in [1.807, 2.05) is 6.92 Å². The van der Waals surface area contributed by atoms with E-state index >= 15 is 0 Å². The Balaban J connectivity index is 1.53. The molecule has 1 aliphatic rings. The summed E-state index contributed by atoms with van der Waals surface area (Å²) in [5.41, 5.74) is 0.178. The van der Waals surface area contributed by atoms with Crippen LogP contribution in [0, 0.1) is 11.2 Å². The standard InChI is InChI=1S/C20H24FN3O3/c1-20(18(25)22-12-15-5-7-16(21)8-6-15)9-3-10-24(14-20)19(26)23-13-17-4-2-11-27-17/h2,4-8,11H,3,9-10,12-14H2,1H3,(H,22,25)(H,23,26). The molecule has 2 heterocycles. The third kappa shape index (κ3) is 4.87. The lowest BCUT2D eigenvalue weighted by atomic mass is 9.81. The van der Waals surface area contributed by atoms with Gasteiger partial charge in [-0.1, -0.05) is 12.1 Å². The molecule has 0 aliphatic carbocycles. The van der Waals surface area contributed by atoms with Crippen LogP contribution < -0.4 is 10.6 Å². The first kappa shape index (κ1) is 18.9. The van der Waals surface area contributed by atoms with E-state index in [4.69, 9.17) is 4.42 Å². The molecule has 2 N–H and O–H groups in total. The van der Waals surface area contributed by atoms with Gasteiger partial charge in [0.05, 0.1) is 18.2 Å². The number of piperidine rings is 1. The summed E-state index contributed by atoms with van der Waals surface area (Å²) < 4.78 is 18.2. The molecule has 3 rings (SSSR count). The van der Waals surface area contributed by atoms with Crippen LogP contribution in [0.3, 0.4) is 0 Å². The Morgan fingerprint density at radius 1 is 1.19 bits per heavy atom. The molecule has 7 heteroatoms. The first-order valence-corrected chi connectivity index (χ1v) is 9.04. The Kier molecular flexibility index (Phi) is 5.78. The van der Waals surface area contributed by atoms with Gasteiger partial charge < -0.3 is 20.0 Å². The molecule has 144 valence electrons. The Bertz CT molecular complexity index is 776. The number of carbonyl (C=O) groups is 2.